The first-order chi connectivity index (χ1) is 23.7. The van der Waals surface area contributed by atoms with E-state index in [9.17, 15) is 45.7 Å². The number of carbonyl (C=O) groups is 2. The number of hydrogen-bond acceptors (Lipinski definition) is 8. The van der Waals surface area contributed by atoms with E-state index in [1.165, 1.54) is 48.6 Å². The maximum atomic E-state index is 13.0. The molecule has 6 aromatic carbocycles. The molecule has 0 radical (unpaired) electrons. The molecule has 0 aliphatic rings. The fourth-order valence-corrected chi connectivity index (χ4v) is 6.82. The fraction of sp³-hybridized carbons (Fsp3) is 0. The number of hydrogen-bond donors (Lipinski definition) is 6. The molecule has 252 valence electrons. The summed E-state index contributed by atoms with van der Waals surface area (Å²) >= 11 is 0. The molecule has 0 saturated carbocycles. The smallest absolute Gasteiger partial charge is 0.295 e. The molecule has 0 fully saturated rings. The molecule has 2 amide bonds. The molecule has 0 heterocycles. The Morgan fingerprint density at radius 1 is 0.520 bits per heavy atom. The largest absolute Gasteiger partial charge is 0.506 e. The van der Waals surface area contributed by atoms with Gasteiger partial charge in [0.25, 0.3) is 32.1 Å². The van der Waals surface area contributed by atoms with Crippen molar-refractivity contribution in [2.24, 2.45) is 0 Å². The van der Waals surface area contributed by atoms with E-state index < -0.39 is 41.8 Å². The summed E-state index contributed by atoms with van der Waals surface area (Å²) in [6.07, 6.45) is 2.33. The SMILES string of the molecule is O=C(Nc1ccc(/C=C\c2ccc(NC(=O)c3ccc4ccccc4c3O)cc2S(=O)(=O)O)c(S(=O)(=O)O)c1)c1ccc2ccccc2c1O. The van der Waals surface area contributed by atoms with Crippen LogP contribution in [0.5, 0.6) is 11.5 Å². The van der Waals surface area contributed by atoms with E-state index in [4.69, 9.17) is 0 Å². The lowest BCUT2D eigenvalue weighted by Gasteiger charge is -2.12. The van der Waals surface area contributed by atoms with Crippen molar-refractivity contribution in [2.45, 2.75) is 9.79 Å². The van der Waals surface area contributed by atoms with Crippen LogP contribution < -0.4 is 10.6 Å². The highest BCUT2D eigenvalue weighted by molar-refractivity contribution is 7.86. The summed E-state index contributed by atoms with van der Waals surface area (Å²) in [6, 6.07) is 26.9. The van der Waals surface area contributed by atoms with Gasteiger partial charge in [-0.25, -0.2) is 0 Å². The summed E-state index contributed by atoms with van der Waals surface area (Å²) in [6.45, 7) is 0. The lowest BCUT2D eigenvalue weighted by molar-refractivity contribution is 0.101. The minimum absolute atomic E-state index is 0.0384. The molecule has 0 aliphatic carbocycles. The van der Waals surface area contributed by atoms with Gasteiger partial charge >= 0.3 is 0 Å². The van der Waals surface area contributed by atoms with Gasteiger partial charge in [-0.05, 0) is 58.3 Å². The van der Waals surface area contributed by atoms with E-state index in [1.807, 2.05) is 0 Å². The first-order valence-electron chi connectivity index (χ1n) is 14.7. The van der Waals surface area contributed by atoms with Crippen LogP contribution in [-0.2, 0) is 20.2 Å². The van der Waals surface area contributed by atoms with Gasteiger partial charge in [0.05, 0.1) is 11.1 Å². The zero-order valence-corrected chi connectivity index (χ0v) is 27.2. The molecule has 0 spiro atoms. The number of carbonyl (C=O) groups excluding carboxylic acids is 2. The number of anilines is 2. The highest BCUT2D eigenvalue weighted by atomic mass is 32.2. The zero-order chi connectivity index (χ0) is 35.8. The number of phenolic OH excluding ortho intramolecular Hbond substituents is 2. The van der Waals surface area contributed by atoms with E-state index in [0.29, 0.717) is 21.5 Å². The van der Waals surface area contributed by atoms with Gasteiger partial charge in [0.2, 0.25) is 0 Å². The molecular formula is C36H26N2O10S2. The van der Waals surface area contributed by atoms with Crippen LogP contribution >= 0.6 is 0 Å². The number of amides is 2. The summed E-state index contributed by atoms with van der Waals surface area (Å²) < 4.78 is 69.3. The van der Waals surface area contributed by atoms with Crippen molar-refractivity contribution in [2.75, 3.05) is 10.6 Å². The predicted octanol–water partition coefficient (Wildman–Crippen LogP) is 6.57. The van der Waals surface area contributed by atoms with Gasteiger partial charge in [0.1, 0.15) is 21.3 Å². The van der Waals surface area contributed by atoms with Crippen molar-refractivity contribution in [1.82, 2.24) is 0 Å². The lowest BCUT2D eigenvalue weighted by atomic mass is 10.0. The average Bonchev–Trinajstić information content (AvgIpc) is 3.07. The maximum Gasteiger partial charge on any atom is 0.295 e. The van der Waals surface area contributed by atoms with Crippen molar-refractivity contribution in [3.05, 3.63) is 131 Å². The van der Waals surface area contributed by atoms with Gasteiger partial charge in [0, 0.05) is 22.1 Å². The lowest BCUT2D eigenvalue weighted by Crippen LogP contribution is -2.13. The van der Waals surface area contributed by atoms with Gasteiger partial charge in [-0.3, -0.25) is 18.7 Å². The van der Waals surface area contributed by atoms with Gasteiger partial charge in [0.15, 0.2) is 0 Å². The van der Waals surface area contributed by atoms with Crippen molar-refractivity contribution in [3.63, 3.8) is 0 Å². The minimum Gasteiger partial charge on any atom is -0.506 e. The van der Waals surface area contributed by atoms with Crippen molar-refractivity contribution in [3.8, 4) is 11.5 Å². The van der Waals surface area contributed by atoms with Crippen LogP contribution in [0.1, 0.15) is 31.8 Å². The minimum atomic E-state index is -4.89. The average molecular weight is 711 g/mol. The third-order valence-electron chi connectivity index (χ3n) is 7.83. The van der Waals surface area contributed by atoms with Crippen LogP contribution in [0.3, 0.4) is 0 Å². The molecule has 6 N–H and O–H groups in total. The monoisotopic (exact) mass is 710 g/mol. The van der Waals surface area contributed by atoms with Crippen LogP contribution in [0.25, 0.3) is 33.7 Å². The topological polar surface area (TPSA) is 207 Å². The van der Waals surface area contributed by atoms with E-state index in [0.717, 1.165) is 12.1 Å². The van der Waals surface area contributed by atoms with Crippen molar-refractivity contribution in [1.29, 1.82) is 0 Å². The molecule has 50 heavy (non-hydrogen) atoms. The highest BCUT2D eigenvalue weighted by Crippen LogP contribution is 2.32. The molecule has 6 aromatic rings. The van der Waals surface area contributed by atoms with Crippen LogP contribution in [0.4, 0.5) is 11.4 Å². The zero-order valence-electron chi connectivity index (χ0n) is 25.6. The summed E-state index contributed by atoms with van der Waals surface area (Å²) in [5.41, 5.74) is -0.443. The van der Waals surface area contributed by atoms with Gasteiger partial charge < -0.3 is 20.8 Å². The molecule has 14 heteroatoms. The maximum absolute atomic E-state index is 13.0. The Morgan fingerprint density at radius 2 is 0.900 bits per heavy atom. The summed E-state index contributed by atoms with van der Waals surface area (Å²) in [4.78, 5) is 24.7. The Hall–Kier alpha value is -6.06. The third-order valence-corrected chi connectivity index (χ3v) is 9.65. The highest BCUT2D eigenvalue weighted by Gasteiger charge is 2.21. The van der Waals surface area contributed by atoms with E-state index in [-0.39, 0.29) is 45.1 Å². The number of fused-ring (bicyclic) bond motifs is 2. The number of rotatable bonds is 8. The first-order valence-corrected chi connectivity index (χ1v) is 17.5. The van der Waals surface area contributed by atoms with Gasteiger partial charge in [-0.2, -0.15) is 16.8 Å². The Kier molecular flexibility index (Phi) is 8.86. The van der Waals surface area contributed by atoms with E-state index in [2.05, 4.69) is 10.6 Å². The number of nitrogens with one attached hydrogen (secondary N) is 2. The Bertz CT molecular complexity index is 2440. The Labute approximate surface area is 285 Å². The molecule has 0 saturated heterocycles. The third kappa shape index (κ3) is 6.90. The standard InChI is InChI=1S/C36H26N2O10S2/c39-33-27-7-3-1-5-21(27)13-17-29(33)35(41)37-25-15-11-23(31(19-25)49(43,44)45)9-10-24-12-16-26(20-32(24)50(46,47)48)38-36(42)30-18-14-22-6-2-4-8-28(22)34(30)40/h1-20,39-40H,(H,37,41)(H,38,42)(H,43,44,45)(H,46,47,48)/b10-9-. The Balaban J connectivity index is 1.27. The second-order valence-corrected chi connectivity index (χ2v) is 13.8. The van der Waals surface area contributed by atoms with Crippen LogP contribution in [0.2, 0.25) is 0 Å². The molecule has 6 rings (SSSR count). The fourth-order valence-electron chi connectivity index (χ4n) is 5.40. The van der Waals surface area contributed by atoms with Crippen molar-refractivity contribution >= 4 is 77.1 Å². The first kappa shape index (κ1) is 33.8. The van der Waals surface area contributed by atoms with E-state index in [1.54, 1.807) is 60.7 Å². The molecule has 0 aromatic heterocycles. The molecule has 0 atom stereocenters. The van der Waals surface area contributed by atoms with E-state index >= 15 is 0 Å². The normalized spacial score (nSPS) is 12.0. The predicted molar refractivity (Wildman–Crippen MR) is 189 cm³/mol. The van der Waals surface area contributed by atoms with Crippen LogP contribution in [-0.4, -0.2) is 48.0 Å². The second-order valence-electron chi connectivity index (χ2n) is 11.1. The number of benzene rings is 6. The molecule has 0 unspecified atom stereocenters. The van der Waals surface area contributed by atoms with Gasteiger partial charge in [-0.1, -0.05) is 84.9 Å². The Morgan fingerprint density at radius 3 is 1.28 bits per heavy atom. The molecule has 0 bridgehead atoms. The van der Waals surface area contributed by atoms with Crippen LogP contribution in [0.15, 0.2) is 119 Å². The van der Waals surface area contributed by atoms with Gasteiger partial charge in [-0.15, -0.1) is 0 Å². The number of phenols is 2. The molecule has 12 nitrogen and oxygen atoms in total. The summed E-state index contributed by atoms with van der Waals surface area (Å²) in [5.74, 6) is -2.05. The summed E-state index contributed by atoms with van der Waals surface area (Å²) in [7, 11) is -9.78. The summed E-state index contributed by atoms with van der Waals surface area (Å²) in [5, 5.41) is 28.5. The van der Waals surface area contributed by atoms with Crippen LogP contribution in [0, 0.1) is 0 Å². The molecular weight excluding hydrogens is 685 g/mol. The molecule has 0 aliphatic heterocycles. The second kappa shape index (κ2) is 13.1. The van der Waals surface area contributed by atoms with Crippen molar-refractivity contribution < 1.29 is 45.7 Å². The number of aromatic hydroxyl groups is 2. The quantitative estimate of drug-likeness (QED) is 0.0739.